The van der Waals surface area contributed by atoms with E-state index in [1.807, 2.05) is 19.9 Å². The molecule has 3 heterocycles. The zero-order valence-electron chi connectivity index (χ0n) is 13.7. The van der Waals surface area contributed by atoms with Crippen LogP contribution in [0, 0.1) is 0 Å². The second-order valence-electron chi connectivity index (χ2n) is 6.28. The molecule has 24 heavy (non-hydrogen) atoms. The minimum Gasteiger partial charge on any atom is -0.384 e. The lowest BCUT2D eigenvalue weighted by Gasteiger charge is -2.13. The number of rotatable bonds is 3. The van der Waals surface area contributed by atoms with Crippen LogP contribution >= 0.6 is 0 Å². The number of benzene rings is 1. The van der Waals surface area contributed by atoms with E-state index in [-0.39, 0.29) is 11.6 Å². The molecule has 0 fully saturated rings. The fourth-order valence-electron chi connectivity index (χ4n) is 3.11. The van der Waals surface area contributed by atoms with Crippen LogP contribution in [-0.2, 0) is 6.42 Å². The minimum absolute atomic E-state index is 0.0371. The largest absolute Gasteiger partial charge is 0.384 e. The Morgan fingerprint density at radius 3 is 2.96 bits per heavy atom. The summed E-state index contributed by atoms with van der Waals surface area (Å²) in [7, 11) is 0. The first-order chi connectivity index (χ1) is 11.6. The third kappa shape index (κ3) is 2.50. The van der Waals surface area contributed by atoms with E-state index in [1.165, 1.54) is 11.3 Å². The standard InChI is InChI=1S/C18H19N5O/c1-11(2)23-16(24)6-3-13-10-20-18(22-17(13)23)21-14-4-5-15-12(9-14)7-8-19-15/h3-6,9-11,19H,7-8H2,1-2H3,(H,20,21,22). The van der Waals surface area contributed by atoms with Crippen molar-refractivity contribution in [3.05, 3.63) is 52.4 Å². The van der Waals surface area contributed by atoms with E-state index in [2.05, 4.69) is 32.7 Å². The Morgan fingerprint density at radius 1 is 1.25 bits per heavy atom. The molecule has 2 N–H and O–H groups in total. The number of fused-ring (bicyclic) bond motifs is 2. The topological polar surface area (TPSA) is 71.8 Å². The van der Waals surface area contributed by atoms with E-state index in [4.69, 9.17) is 0 Å². The van der Waals surface area contributed by atoms with Crippen molar-refractivity contribution in [1.29, 1.82) is 0 Å². The average Bonchev–Trinajstić information content (AvgIpc) is 3.02. The highest BCUT2D eigenvalue weighted by Crippen LogP contribution is 2.26. The van der Waals surface area contributed by atoms with Gasteiger partial charge in [-0.2, -0.15) is 4.98 Å². The van der Waals surface area contributed by atoms with Crippen molar-refractivity contribution in [2.24, 2.45) is 0 Å². The van der Waals surface area contributed by atoms with Crippen molar-refractivity contribution < 1.29 is 0 Å². The van der Waals surface area contributed by atoms with Crippen molar-refractivity contribution in [2.75, 3.05) is 17.2 Å². The molecule has 0 atom stereocenters. The summed E-state index contributed by atoms with van der Waals surface area (Å²) in [5.74, 6) is 0.494. The third-order valence-corrected chi connectivity index (χ3v) is 4.25. The summed E-state index contributed by atoms with van der Waals surface area (Å²) < 4.78 is 1.69. The summed E-state index contributed by atoms with van der Waals surface area (Å²) in [5.41, 5.74) is 4.03. The molecule has 0 aliphatic carbocycles. The Balaban J connectivity index is 1.75. The number of anilines is 3. The maximum absolute atomic E-state index is 12.1. The molecule has 0 saturated heterocycles. The molecule has 0 amide bonds. The number of pyridine rings is 1. The maximum atomic E-state index is 12.1. The number of aromatic nitrogens is 3. The van der Waals surface area contributed by atoms with Gasteiger partial charge >= 0.3 is 0 Å². The van der Waals surface area contributed by atoms with E-state index in [9.17, 15) is 4.79 Å². The van der Waals surface area contributed by atoms with Crippen molar-refractivity contribution in [3.63, 3.8) is 0 Å². The normalized spacial score (nSPS) is 13.1. The molecule has 1 aliphatic heterocycles. The van der Waals surface area contributed by atoms with Crippen molar-refractivity contribution in [2.45, 2.75) is 26.3 Å². The summed E-state index contributed by atoms with van der Waals surface area (Å²) in [5, 5.41) is 7.44. The molecule has 0 unspecified atom stereocenters. The van der Waals surface area contributed by atoms with Crippen LogP contribution in [0.5, 0.6) is 0 Å². The highest BCUT2D eigenvalue weighted by Gasteiger charge is 2.12. The molecule has 1 aromatic carbocycles. The molecule has 0 bridgehead atoms. The molecule has 6 heteroatoms. The van der Waals surface area contributed by atoms with Gasteiger partial charge in [-0.1, -0.05) is 0 Å². The molecular weight excluding hydrogens is 302 g/mol. The van der Waals surface area contributed by atoms with Gasteiger partial charge in [0.2, 0.25) is 5.95 Å². The van der Waals surface area contributed by atoms with Crippen LogP contribution in [0.4, 0.5) is 17.3 Å². The Hall–Kier alpha value is -2.89. The van der Waals surface area contributed by atoms with Crippen molar-refractivity contribution in [1.82, 2.24) is 14.5 Å². The van der Waals surface area contributed by atoms with Gasteiger partial charge in [-0.3, -0.25) is 9.36 Å². The minimum atomic E-state index is -0.0502. The van der Waals surface area contributed by atoms with E-state index in [0.717, 1.165) is 24.0 Å². The second-order valence-corrected chi connectivity index (χ2v) is 6.28. The maximum Gasteiger partial charge on any atom is 0.252 e. The number of hydrogen-bond donors (Lipinski definition) is 2. The summed E-state index contributed by atoms with van der Waals surface area (Å²) in [6.07, 6.45) is 2.77. The number of nitrogens with zero attached hydrogens (tertiary/aromatic N) is 3. The molecule has 0 saturated carbocycles. The van der Waals surface area contributed by atoms with Crippen LogP contribution in [0.25, 0.3) is 11.0 Å². The predicted octanol–water partition coefficient (Wildman–Crippen LogP) is 3.08. The summed E-state index contributed by atoms with van der Waals surface area (Å²) in [4.78, 5) is 21.1. The Morgan fingerprint density at radius 2 is 2.12 bits per heavy atom. The number of hydrogen-bond acceptors (Lipinski definition) is 5. The molecule has 2 aromatic heterocycles. The first kappa shape index (κ1) is 14.7. The van der Waals surface area contributed by atoms with E-state index >= 15 is 0 Å². The smallest absolute Gasteiger partial charge is 0.252 e. The van der Waals surface area contributed by atoms with Gasteiger partial charge in [0.15, 0.2) is 0 Å². The third-order valence-electron chi connectivity index (χ3n) is 4.25. The molecule has 6 nitrogen and oxygen atoms in total. The molecule has 0 spiro atoms. The Labute approximate surface area is 139 Å². The molecule has 122 valence electrons. The molecule has 1 aliphatic rings. The first-order valence-corrected chi connectivity index (χ1v) is 8.14. The van der Waals surface area contributed by atoms with Gasteiger partial charge in [0.1, 0.15) is 5.65 Å². The first-order valence-electron chi connectivity index (χ1n) is 8.14. The fraction of sp³-hybridized carbons (Fsp3) is 0.278. The Bertz CT molecular complexity index is 977. The lowest BCUT2D eigenvalue weighted by Crippen LogP contribution is -2.22. The van der Waals surface area contributed by atoms with Crippen LogP contribution in [0.3, 0.4) is 0 Å². The summed E-state index contributed by atoms with van der Waals surface area (Å²) >= 11 is 0. The SMILES string of the molecule is CC(C)n1c(=O)ccc2cnc(Nc3ccc4c(c3)CCN4)nc21. The van der Waals surface area contributed by atoms with Crippen LogP contribution in [0.1, 0.15) is 25.5 Å². The van der Waals surface area contributed by atoms with E-state index in [1.54, 1.807) is 22.9 Å². The predicted molar refractivity (Wildman–Crippen MR) is 96.1 cm³/mol. The zero-order chi connectivity index (χ0) is 16.7. The molecule has 0 radical (unpaired) electrons. The summed E-state index contributed by atoms with van der Waals surface area (Å²) in [6.45, 7) is 4.93. The van der Waals surface area contributed by atoms with E-state index < -0.39 is 0 Å². The molecule has 4 rings (SSSR count). The highest BCUT2D eigenvalue weighted by molar-refractivity contribution is 5.76. The van der Waals surface area contributed by atoms with Crippen LogP contribution in [-0.4, -0.2) is 21.1 Å². The highest BCUT2D eigenvalue weighted by atomic mass is 16.1. The zero-order valence-corrected chi connectivity index (χ0v) is 13.7. The van der Waals surface area contributed by atoms with Crippen LogP contribution in [0.15, 0.2) is 41.3 Å². The van der Waals surface area contributed by atoms with Gasteiger partial charge in [0.25, 0.3) is 5.56 Å². The summed E-state index contributed by atoms with van der Waals surface area (Å²) in [6, 6.07) is 9.55. The van der Waals surface area contributed by atoms with Crippen molar-refractivity contribution in [3.8, 4) is 0 Å². The lowest BCUT2D eigenvalue weighted by atomic mass is 10.1. The average molecular weight is 321 g/mol. The van der Waals surface area contributed by atoms with E-state index in [0.29, 0.717) is 11.6 Å². The molecular formula is C18H19N5O. The van der Waals surface area contributed by atoms with Crippen molar-refractivity contribution >= 4 is 28.4 Å². The monoisotopic (exact) mass is 321 g/mol. The van der Waals surface area contributed by atoms with Gasteiger partial charge < -0.3 is 10.6 Å². The van der Waals surface area contributed by atoms with Gasteiger partial charge in [-0.05, 0) is 50.1 Å². The number of nitrogens with one attached hydrogen (secondary N) is 2. The van der Waals surface area contributed by atoms with Gasteiger partial charge in [-0.15, -0.1) is 0 Å². The van der Waals surface area contributed by atoms with Crippen LogP contribution in [0.2, 0.25) is 0 Å². The van der Waals surface area contributed by atoms with Gasteiger partial charge in [0, 0.05) is 41.6 Å². The van der Waals surface area contributed by atoms with Gasteiger partial charge in [-0.25, -0.2) is 4.98 Å². The van der Waals surface area contributed by atoms with Crippen LogP contribution < -0.4 is 16.2 Å². The fourth-order valence-corrected chi connectivity index (χ4v) is 3.11. The second kappa shape index (κ2) is 5.63. The quantitative estimate of drug-likeness (QED) is 0.775. The molecule has 3 aromatic rings. The Kier molecular flexibility index (Phi) is 3.45. The lowest BCUT2D eigenvalue weighted by molar-refractivity contribution is 0.595. The van der Waals surface area contributed by atoms with Gasteiger partial charge in [0.05, 0.1) is 0 Å².